The van der Waals surface area contributed by atoms with Crippen molar-refractivity contribution in [1.29, 1.82) is 0 Å². The molecule has 0 aliphatic carbocycles. The van der Waals surface area contributed by atoms with Crippen LogP contribution in [0.5, 0.6) is 0 Å². The van der Waals surface area contributed by atoms with Crippen molar-refractivity contribution in [1.82, 2.24) is 10.0 Å². The molecule has 6 nitrogen and oxygen atoms in total. The molecule has 3 atom stereocenters. The summed E-state index contributed by atoms with van der Waals surface area (Å²) in [5, 5.41) is 4.09. The highest BCUT2D eigenvalue weighted by Crippen LogP contribution is 2.23. The SMILES string of the molecule is CC[C@H](C)[C@H](NS(=O)(=O)c1cccc2ccccc12)C(=O)N[C@H](C=O)CC(C)C. The number of aldehydes is 1. The molecule has 0 fully saturated rings. The summed E-state index contributed by atoms with van der Waals surface area (Å²) in [7, 11) is -3.95. The van der Waals surface area contributed by atoms with Gasteiger partial charge in [-0.25, -0.2) is 8.42 Å². The molecule has 0 heterocycles. The molecule has 0 aliphatic heterocycles. The molecule has 0 spiro atoms. The Bertz CT molecular complexity index is 951. The van der Waals surface area contributed by atoms with E-state index in [0.29, 0.717) is 24.5 Å². The Balaban J connectivity index is 2.33. The van der Waals surface area contributed by atoms with Crippen molar-refractivity contribution < 1.29 is 18.0 Å². The number of carbonyl (C=O) groups is 2. The average molecular weight is 419 g/mol. The second-order valence-corrected chi connectivity index (χ2v) is 9.52. The summed E-state index contributed by atoms with van der Waals surface area (Å²) in [5.74, 6) is -0.507. The maximum Gasteiger partial charge on any atom is 0.241 e. The van der Waals surface area contributed by atoms with Crippen LogP contribution in [0.1, 0.15) is 40.5 Å². The Labute approximate surface area is 173 Å². The number of amides is 1. The Morgan fingerprint density at radius 1 is 1.07 bits per heavy atom. The summed E-state index contributed by atoms with van der Waals surface area (Å²) in [6.45, 7) is 7.62. The van der Waals surface area contributed by atoms with E-state index >= 15 is 0 Å². The second-order valence-electron chi connectivity index (χ2n) is 7.84. The number of fused-ring (bicyclic) bond motifs is 1. The van der Waals surface area contributed by atoms with E-state index in [1.165, 1.54) is 6.07 Å². The van der Waals surface area contributed by atoms with Crippen molar-refractivity contribution in [2.75, 3.05) is 0 Å². The summed E-state index contributed by atoms with van der Waals surface area (Å²) >= 11 is 0. The third-order valence-electron chi connectivity index (χ3n) is 5.03. The van der Waals surface area contributed by atoms with Crippen LogP contribution in [-0.2, 0) is 19.6 Å². The van der Waals surface area contributed by atoms with Crippen LogP contribution in [-0.4, -0.2) is 32.7 Å². The van der Waals surface area contributed by atoms with Crippen LogP contribution >= 0.6 is 0 Å². The zero-order chi connectivity index (χ0) is 21.6. The predicted molar refractivity (Wildman–Crippen MR) is 115 cm³/mol. The maximum atomic E-state index is 13.2. The Hall–Kier alpha value is -2.25. The lowest BCUT2D eigenvalue weighted by Crippen LogP contribution is -2.53. The lowest BCUT2D eigenvalue weighted by molar-refractivity contribution is -0.126. The molecule has 7 heteroatoms. The minimum atomic E-state index is -3.95. The van der Waals surface area contributed by atoms with Crippen LogP contribution in [0, 0.1) is 11.8 Å². The minimum Gasteiger partial charge on any atom is -0.345 e. The number of nitrogens with one attached hydrogen (secondary N) is 2. The first-order chi connectivity index (χ1) is 13.7. The van der Waals surface area contributed by atoms with Crippen molar-refractivity contribution in [3.8, 4) is 0 Å². The number of rotatable bonds is 10. The van der Waals surface area contributed by atoms with Crippen molar-refractivity contribution >= 4 is 33.0 Å². The summed E-state index contributed by atoms with van der Waals surface area (Å²) in [6.07, 6.45) is 1.80. The fourth-order valence-corrected chi connectivity index (χ4v) is 4.79. The molecule has 0 aliphatic rings. The van der Waals surface area contributed by atoms with Gasteiger partial charge in [0.2, 0.25) is 15.9 Å². The standard InChI is InChI=1S/C22H30N2O4S/c1-5-16(4)21(22(26)23-18(14-25)13-15(2)3)24-29(27,28)20-12-8-10-17-9-6-7-11-19(17)20/h6-12,14-16,18,21,24H,5,13H2,1-4H3,(H,23,26)/t16-,18-,21-/m0/s1. The van der Waals surface area contributed by atoms with Crippen molar-refractivity contribution in [3.63, 3.8) is 0 Å². The number of hydrogen-bond acceptors (Lipinski definition) is 4. The van der Waals surface area contributed by atoms with E-state index in [1.807, 2.05) is 45.9 Å². The first kappa shape index (κ1) is 23.0. The average Bonchev–Trinajstić information content (AvgIpc) is 2.70. The number of hydrogen-bond donors (Lipinski definition) is 2. The zero-order valence-corrected chi connectivity index (χ0v) is 18.2. The van der Waals surface area contributed by atoms with Crippen LogP contribution in [0.2, 0.25) is 0 Å². The van der Waals surface area contributed by atoms with E-state index in [9.17, 15) is 18.0 Å². The Morgan fingerprint density at radius 3 is 2.34 bits per heavy atom. The molecule has 0 aromatic heterocycles. The monoisotopic (exact) mass is 418 g/mol. The van der Waals surface area contributed by atoms with Gasteiger partial charge in [0.05, 0.1) is 10.9 Å². The number of sulfonamides is 1. The predicted octanol–water partition coefficient (Wildman–Crippen LogP) is 3.26. The van der Waals surface area contributed by atoms with Gasteiger partial charge in [0, 0.05) is 5.39 Å². The first-order valence-corrected chi connectivity index (χ1v) is 11.4. The molecule has 0 bridgehead atoms. The zero-order valence-electron chi connectivity index (χ0n) is 17.4. The van der Waals surface area contributed by atoms with Crippen LogP contribution in [0.3, 0.4) is 0 Å². The summed E-state index contributed by atoms with van der Waals surface area (Å²) in [4.78, 5) is 24.3. The smallest absolute Gasteiger partial charge is 0.241 e. The Kier molecular flexibility index (Phi) is 7.93. The molecular weight excluding hydrogens is 388 g/mol. The van der Waals surface area contributed by atoms with Gasteiger partial charge in [0.25, 0.3) is 0 Å². The van der Waals surface area contributed by atoms with E-state index in [0.717, 1.165) is 5.39 Å². The molecule has 1 amide bonds. The molecule has 2 N–H and O–H groups in total. The molecule has 0 unspecified atom stereocenters. The van der Waals surface area contributed by atoms with E-state index < -0.39 is 28.0 Å². The van der Waals surface area contributed by atoms with Crippen molar-refractivity contribution in [3.05, 3.63) is 42.5 Å². The topological polar surface area (TPSA) is 92.3 Å². The van der Waals surface area contributed by atoms with Gasteiger partial charge in [-0.2, -0.15) is 4.72 Å². The maximum absolute atomic E-state index is 13.2. The summed E-state index contributed by atoms with van der Waals surface area (Å²) in [6, 6.07) is 10.6. The molecule has 2 aromatic carbocycles. The third-order valence-corrected chi connectivity index (χ3v) is 6.53. The number of carbonyl (C=O) groups excluding carboxylic acids is 2. The van der Waals surface area contributed by atoms with Gasteiger partial charge in [0.1, 0.15) is 12.3 Å². The van der Waals surface area contributed by atoms with Gasteiger partial charge < -0.3 is 10.1 Å². The van der Waals surface area contributed by atoms with E-state index in [1.54, 1.807) is 18.2 Å². The van der Waals surface area contributed by atoms with Crippen LogP contribution in [0.4, 0.5) is 0 Å². The minimum absolute atomic E-state index is 0.130. The summed E-state index contributed by atoms with van der Waals surface area (Å²) < 4.78 is 28.9. The van der Waals surface area contributed by atoms with E-state index in [4.69, 9.17) is 0 Å². The van der Waals surface area contributed by atoms with Crippen LogP contribution in [0.25, 0.3) is 10.8 Å². The van der Waals surface area contributed by atoms with Gasteiger partial charge in [-0.15, -0.1) is 0 Å². The molecule has 29 heavy (non-hydrogen) atoms. The molecule has 0 saturated heterocycles. The summed E-state index contributed by atoms with van der Waals surface area (Å²) in [5.41, 5.74) is 0. The van der Waals surface area contributed by atoms with Gasteiger partial charge >= 0.3 is 0 Å². The largest absolute Gasteiger partial charge is 0.345 e. The molecule has 2 rings (SSSR count). The van der Waals surface area contributed by atoms with Gasteiger partial charge in [-0.1, -0.05) is 70.5 Å². The van der Waals surface area contributed by atoms with E-state index in [2.05, 4.69) is 10.0 Å². The fourth-order valence-electron chi connectivity index (χ4n) is 3.25. The molecule has 0 radical (unpaired) electrons. The molecule has 2 aromatic rings. The highest BCUT2D eigenvalue weighted by Gasteiger charge is 2.31. The van der Waals surface area contributed by atoms with E-state index in [-0.39, 0.29) is 16.7 Å². The second kappa shape index (κ2) is 9.98. The third kappa shape index (κ3) is 5.87. The lowest BCUT2D eigenvalue weighted by atomic mass is 9.98. The number of benzene rings is 2. The normalized spacial score (nSPS) is 15.1. The molecule has 0 saturated carbocycles. The van der Waals surface area contributed by atoms with Crippen LogP contribution in [0.15, 0.2) is 47.4 Å². The van der Waals surface area contributed by atoms with Gasteiger partial charge in [0.15, 0.2) is 0 Å². The van der Waals surface area contributed by atoms with Crippen molar-refractivity contribution in [2.45, 2.75) is 57.5 Å². The highest BCUT2D eigenvalue weighted by atomic mass is 32.2. The van der Waals surface area contributed by atoms with Crippen LogP contribution < -0.4 is 10.0 Å². The molecule has 158 valence electrons. The highest BCUT2D eigenvalue weighted by molar-refractivity contribution is 7.89. The quantitative estimate of drug-likeness (QED) is 0.579. The lowest BCUT2D eigenvalue weighted by Gasteiger charge is -2.25. The van der Waals surface area contributed by atoms with Gasteiger partial charge in [-0.05, 0) is 29.7 Å². The fraction of sp³-hybridized carbons (Fsp3) is 0.455. The Morgan fingerprint density at radius 2 is 1.72 bits per heavy atom. The first-order valence-electron chi connectivity index (χ1n) is 9.95. The van der Waals surface area contributed by atoms with Gasteiger partial charge in [-0.3, -0.25) is 4.79 Å². The van der Waals surface area contributed by atoms with Crippen molar-refractivity contribution in [2.24, 2.45) is 11.8 Å². The molecular formula is C22H30N2O4S.